The van der Waals surface area contributed by atoms with Crippen LogP contribution in [-0.4, -0.2) is 31.1 Å². The molecular formula is C13H18N2O4. The quantitative estimate of drug-likeness (QED) is 0.448. The van der Waals surface area contributed by atoms with Gasteiger partial charge in [-0.1, -0.05) is 12.1 Å². The van der Waals surface area contributed by atoms with Gasteiger partial charge in [0.05, 0.1) is 18.5 Å². The summed E-state index contributed by atoms with van der Waals surface area (Å²) >= 11 is 0. The lowest BCUT2D eigenvalue weighted by Crippen LogP contribution is -2.27. The monoisotopic (exact) mass is 266 g/mol. The van der Waals surface area contributed by atoms with Gasteiger partial charge in [-0.25, -0.2) is 0 Å². The standard InChI is InChI=1S/C13H18N2O4/c1-4-14(9-8-12(16)19-3)11-7-5-6-10(2)13(11)15(17)18/h5-7H,4,8-9H2,1-3H3. The van der Waals surface area contributed by atoms with E-state index >= 15 is 0 Å². The largest absolute Gasteiger partial charge is 0.469 e. The Labute approximate surface area is 112 Å². The topological polar surface area (TPSA) is 72.7 Å². The summed E-state index contributed by atoms with van der Waals surface area (Å²) in [7, 11) is 1.33. The number of nitro benzene ring substituents is 1. The minimum atomic E-state index is -0.383. The van der Waals surface area contributed by atoms with Crippen LogP contribution in [0.3, 0.4) is 0 Å². The number of hydrogen-bond acceptors (Lipinski definition) is 5. The molecule has 0 amide bonds. The summed E-state index contributed by atoms with van der Waals surface area (Å²) < 4.78 is 4.58. The highest BCUT2D eigenvalue weighted by atomic mass is 16.6. The summed E-state index contributed by atoms with van der Waals surface area (Å²) in [5.74, 6) is -0.325. The molecule has 0 aliphatic heterocycles. The van der Waals surface area contributed by atoms with Crippen LogP contribution < -0.4 is 4.90 Å². The van der Waals surface area contributed by atoms with Crippen molar-refractivity contribution < 1.29 is 14.5 Å². The van der Waals surface area contributed by atoms with Crippen molar-refractivity contribution >= 4 is 17.3 Å². The van der Waals surface area contributed by atoms with E-state index in [-0.39, 0.29) is 23.0 Å². The van der Waals surface area contributed by atoms with Crippen molar-refractivity contribution in [3.05, 3.63) is 33.9 Å². The number of benzene rings is 1. The maximum Gasteiger partial charge on any atom is 0.307 e. The Morgan fingerprint density at radius 2 is 2.16 bits per heavy atom. The third-order valence-corrected chi connectivity index (χ3v) is 2.93. The molecular weight excluding hydrogens is 248 g/mol. The minimum Gasteiger partial charge on any atom is -0.469 e. The number of para-hydroxylation sites is 1. The molecule has 0 aliphatic rings. The molecule has 0 atom stereocenters. The fraction of sp³-hybridized carbons (Fsp3) is 0.462. The first-order valence-electron chi connectivity index (χ1n) is 6.07. The van der Waals surface area contributed by atoms with Gasteiger partial charge in [-0.15, -0.1) is 0 Å². The summed E-state index contributed by atoms with van der Waals surface area (Å²) in [6.07, 6.45) is 0.204. The molecule has 0 N–H and O–H groups in total. The molecule has 0 spiro atoms. The molecule has 0 unspecified atom stereocenters. The predicted molar refractivity (Wildman–Crippen MR) is 72.4 cm³/mol. The van der Waals surface area contributed by atoms with E-state index in [0.717, 1.165) is 0 Å². The molecule has 0 bridgehead atoms. The summed E-state index contributed by atoms with van der Waals surface area (Å²) in [5.41, 5.74) is 1.24. The molecule has 6 nitrogen and oxygen atoms in total. The predicted octanol–water partition coefficient (Wildman–Crippen LogP) is 2.29. The zero-order chi connectivity index (χ0) is 14.4. The fourth-order valence-electron chi connectivity index (χ4n) is 1.91. The second-order valence-electron chi connectivity index (χ2n) is 4.11. The third kappa shape index (κ3) is 3.67. The molecule has 104 valence electrons. The van der Waals surface area contributed by atoms with Gasteiger partial charge in [0.2, 0.25) is 0 Å². The third-order valence-electron chi connectivity index (χ3n) is 2.93. The molecule has 0 heterocycles. The molecule has 19 heavy (non-hydrogen) atoms. The molecule has 0 saturated heterocycles. The van der Waals surface area contributed by atoms with E-state index in [1.807, 2.05) is 11.8 Å². The van der Waals surface area contributed by atoms with Crippen molar-refractivity contribution in [2.45, 2.75) is 20.3 Å². The lowest BCUT2D eigenvalue weighted by Gasteiger charge is -2.22. The molecule has 6 heteroatoms. The number of esters is 1. The number of carbonyl (C=O) groups excluding carboxylic acids is 1. The Kier molecular flexibility index (Phi) is 5.29. The number of anilines is 1. The Bertz CT molecular complexity index is 474. The maximum absolute atomic E-state index is 11.2. The summed E-state index contributed by atoms with van der Waals surface area (Å²) in [6, 6.07) is 5.18. The van der Waals surface area contributed by atoms with Gasteiger partial charge in [0.1, 0.15) is 5.69 Å². The van der Waals surface area contributed by atoms with Crippen LogP contribution >= 0.6 is 0 Å². The van der Waals surface area contributed by atoms with Gasteiger partial charge < -0.3 is 9.64 Å². The van der Waals surface area contributed by atoms with Gasteiger partial charge in [-0.05, 0) is 19.9 Å². The van der Waals surface area contributed by atoms with Gasteiger partial charge in [-0.3, -0.25) is 14.9 Å². The SMILES string of the molecule is CCN(CCC(=O)OC)c1cccc(C)c1[N+](=O)[O-]. The number of nitrogens with zero attached hydrogens (tertiary/aromatic N) is 2. The fourth-order valence-corrected chi connectivity index (χ4v) is 1.91. The number of nitro groups is 1. The van der Waals surface area contributed by atoms with Crippen molar-refractivity contribution in [1.82, 2.24) is 0 Å². The summed E-state index contributed by atoms with van der Waals surface area (Å²) in [5, 5.41) is 11.1. The lowest BCUT2D eigenvalue weighted by molar-refractivity contribution is -0.384. The Morgan fingerprint density at radius 3 is 2.68 bits per heavy atom. The maximum atomic E-state index is 11.2. The highest BCUT2D eigenvalue weighted by Crippen LogP contribution is 2.31. The Morgan fingerprint density at radius 1 is 1.47 bits per heavy atom. The van der Waals surface area contributed by atoms with Crippen molar-refractivity contribution in [2.75, 3.05) is 25.1 Å². The number of carbonyl (C=O) groups is 1. The Balaban J connectivity index is 3.01. The molecule has 0 saturated carbocycles. The van der Waals surface area contributed by atoms with Crippen molar-refractivity contribution in [2.24, 2.45) is 0 Å². The van der Waals surface area contributed by atoms with Crippen LogP contribution in [-0.2, 0) is 9.53 Å². The highest BCUT2D eigenvalue weighted by Gasteiger charge is 2.21. The molecule has 0 fully saturated rings. The van der Waals surface area contributed by atoms with Crippen molar-refractivity contribution in [3.63, 3.8) is 0 Å². The number of rotatable bonds is 6. The number of ether oxygens (including phenoxy) is 1. The van der Waals surface area contributed by atoms with E-state index in [0.29, 0.717) is 24.3 Å². The smallest absolute Gasteiger partial charge is 0.307 e. The van der Waals surface area contributed by atoms with Crippen molar-refractivity contribution in [1.29, 1.82) is 0 Å². The van der Waals surface area contributed by atoms with Crippen LogP contribution in [0.5, 0.6) is 0 Å². The van der Waals surface area contributed by atoms with Gasteiger partial charge in [-0.2, -0.15) is 0 Å². The van der Waals surface area contributed by atoms with E-state index in [2.05, 4.69) is 4.74 Å². The van der Waals surface area contributed by atoms with E-state index in [9.17, 15) is 14.9 Å². The first kappa shape index (κ1) is 14.9. The number of aryl methyl sites for hydroxylation is 1. The van der Waals surface area contributed by atoms with E-state index in [1.165, 1.54) is 7.11 Å². The van der Waals surface area contributed by atoms with E-state index < -0.39 is 0 Å². The highest BCUT2D eigenvalue weighted by molar-refractivity contribution is 5.71. The van der Waals surface area contributed by atoms with Gasteiger partial charge in [0, 0.05) is 18.7 Å². The Hall–Kier alpha value is -2.11. The normalized spacial score (nSPS) is 10.1. The average molecular weight is 266 g/mol. The second kappa shape index (κ2) is 6.72. The van der Waals surface area contributed by atoms with Crippen molar-refractivity contribution in [3.8, 4) is 0 Å². The number of methoxy groups -OCH3 is 1. The molecule has 0 radical (unpaired) electrons. The average Bonchev–Trinajstić information content (AvgIpc) is 2.38. The zero-order valence-corrected chi connectivity index (χ0v) is 11.4. The van der Waals surface area contributed by atoms with Gasteiger partial charge in [0.25, 0.3) is 5.69 Å². The van der Waals surface area contributed by atoms with Crippen LogP contribution in [0, 0.1) is 17.0 Å². The van der Waals surface area contributed by atoms with Crippen LogP contribution in [0.4, 0.5) is 11.4 Å². The lowest BCUT2D eigenvalue weighted by atomic mass is 10.1. The van der Waals surface area contributed by atoms with Crippen LogP contribution in [0.2, 0.25) is 0 Å². The van der Waals surface area contributed by atoms with Gasteiger partial charge in [0.15, 0.2) is 0 Å². The minimum absolute atomic E-state index is 0.0919. The molecule has 0 aliphatic carbocycles. The van der Waals surface area contributed by atoms with Crippen LogP contribution in [0.1, 0.15) is 18.9 Å². The molecule has 1 aromatic rings. The second-order valence-corrected chi connectivity index (χ2v) is 4.11. The molecule has 1 rings (SSSR count). The molecule has 1 aromatic carbocycles. The summed E-state index contributed by atoms with van der Waals surface area (Å²) in [4.78, 5) is 23.7. The van der Waals surface area contributed by atoms with Gasteiger partial charge >= 0.3 is 5.97 Å². The zero-order valence-electron chi connectivity index (χ0n) is 11.4. The van der Waals surface area contributed by atoms with Crippen LogP contribution in [0.15, 0.2) is 18.2 Å². The first-order valence-corrected chi connectivity index (χ1v) is 6.07. The van der Waals surface area contributed by atoms with E-state index in [4.69, 9.17) is 0 Å². The first-order chi connectivity index (χ1) is 9.01. The molecule has 0 aromatic heterocycles. The van der Waals surface area contributed by atoms with Crippen LogP contribution in [0.25, 0.3) is 0 Å². The van der Waals surface area contributed by atoms with E-state index in [1.54, 1.807) is 25.1 Å². The number of hydrogen-bond donors (Lipinski definition) is 0. The summed E-state index contributed by atoms with van der Waals surface area (Å²) in [6.45, 7) is 4.58.